The smallest absolute Gasteiger partial charge is 0.303 e. The van der Waals surface area contributed by atoms with Crippen molar-refractivity contribution in [3.63, 3.8) is 0 Å². The standard InChI is InChI=1S/C15H20FN3O/c1-10(2)18-8-6-11(7-9-18)19-13-5-3-4-12(16)14(13)17-15(19)20/h3-5,10-11H,6-9H2,1-2H3,(H,17,20). The lowest BCUT2D eigenvalue weighted by molar-refractivity contribution is 0.152. The fourth-order valence-corrected chi connectivity index (χ4v) is 3.14. The van der Waals surface area contributed by atoms with Crippen LogP contribution in [0.3, 0.4) is 0 Å². The second kappa shape index (κ2) is 5.05. The van der Waals surface area contributed by atoms with Crippen LogP contribution in [0, 0.1) is 5.82 Å². The molecule has 0 radical (unpaired) electrons. The predicted octanol–water partition coefficient (Wildman–Crippen LogP) is 2.51. The van der Waals surface area contributed by atoms with Gasteiger partial charge in [0.2, 0.25) is 0 Å². The molecule has 0 bridgehead atoms. The average Bonchev–Trinajstić information content (AvgIpc) is 2.77. The number of benzene rings is 1. The van der Waals surface area contributed by atoms with Crippen LogP contribution in [-0.2, 0) is 0 Å². The summed E-state index contributed by atoms with van der Waals surface area (Å²) in [6.45, 7) is 6.34. The lowest BCUT2D eigenvalue weighted by Crippen LogP contribution is -2.40. The van der Waals surface area contributed by atoms with Crippen LogP contribution >= 0.6 is 0 Å². The molecule has 5 heteroatoms. The second-order valence-electron chi connectivity index (χ2n) is 5.80. The van der Waals surface area contributed by atoms with Crippen molar-refractivity contribution in [1.82, 2.24) is 14.5 Å². The van der Waals surface area contributed by atoms with E-state index < -0.39 is 0 Å². The van der Waals surface area contributed by atoms with Crippen molar-refractivity contribution in [2.75, 3.05) is 13.1 Å². The number of aromatic nitrogens is 2. The Balaban J connectivity index is 1.94. The first-order valence-corrected chi connectivity index (χ1v) is 7.20. The van der Waals surface area contributed by atoms with Crippen molar-refractivity contribution in [1.29, 1.82) is 0 Å². The zero-order valence-electron chi connectivity index (χ0n) is 11.9. The number of aromatic amines is 1. The van der Waals surface area contributed by atoms with Crippen LogP contribution in [0.4, 0.5) is 4.39 Å². The van der Waals surface area contributed by atoms with Gasteiger partial charge in [0.15, 0.2) is 0 Å². The third-order valence-corrected chi connectivity index (χ3v) is 4.30. The summed E-state index contributed by atoms with van der Waals surface area (Å²) in [7, 11) is 0. The maximum absolute atomic E-state index is 13.7. The monoisotopic (exact) mass is 277 g/mol. The number of imidazole rings is 1. The molecule has 0 saturated carbocycles. The fraction of sp³-hybridized carbons (Fsp3) is 0.533. The van der Waals surface area contributed by atoms with Crippen LogP contribution in [0.5, 0.6) is 0 Å². The number of nitrogens with zero attached hydrogens (tertiary/aromatic N) is 2. The first-order chi connectivity index (χ1) is 9.58. The molecule has 1 aromatic carbocycles. The van der Waals surface area contributed by atoms with E-state index in [2.05, 4.69) is 23.7 Å². The van der Waals surface area contributed by atoms with Gasteiger partial charge in [-0.05, 0) is 38.8 Å². The molecule has 2 aromatic rings. The highest BCUT2D eigenvalue weighted by molar-refractivity contribution is 5.75. The van der Waals surface area contributed by atoms with Crippen LogP contribution in [0.2, 0.25) is 0 Å². The SMILES string of the molecule is CC(C)N1CCC(n2c(=O)[nH]c3c(F)cccc32)CC1. The highest BCUT2D eigenvalue weighted by atomic mass is 19.1. The number of fused-ring (bicyclic) bond motifs is 1. The molecule has 0 unspecified atom stereocenters. The minimum atomic E-state index is -0.363. The molecule has 1 saturated heterocycles. The van der Waals surface area contributed by atoms with Crippen molar-refractivity contribution in [2.24, 2.45) is 0 Å². The highest BCUT2D eigenvalue weighted by Gasteiger charge is 2.25. The molecule has 20 heavy (non-hydrogen) atoms. The Kier molecular flexibility index (Phi) is 3.38. The first kappa shape index (κ1) is 13.4. The molecule has 0 spiro atoms. The molecular formula is C15H20FN3O. The normalized spacial score (nSPS) is 18.2. The number of nitrogens with one attached hydrogen (secondary N) is 1. The number of hydrogen-bond donors (Lipinski definition) is 1. The van der Waals surface area contributed by atoms with Crippen molar-refractivity contribution in [2.45, 2.75) is 38.8 Å². The molecule has 3 rings (SSSR count). The molecule has 0 amide bonds. The molecule has 2 heterocycles. The second-order valence-corrected chi connectivity index (χ2v) is 5.80. The van der Waals surface area contributed by atoms with Gasteiger partial charge in [-0.1, -0.05) is 6.07 Å². The topological polar surface area (TPSA) is 41.0 Å². The Labute approximate surface area is 117 Å². The summed E-state index contributed by atoms with van der Waals surface area (Å²) in [4.78, 5) is 17.2. The van der Waals surface area contributed by atoms with Gasteiger partial charge in [-0.25, -0.2) is 9.18 Å². The molecule has 1 aliphatic heterocycles. The number of piperidine rings is 1. The van der Waals surface area contributed by atoms with Crippen molar-refractivity contribution in [3.05, 3.63) is 34.5 Å². The minimum absolute atomic E-state index is 0.160. The van der Waals surface area contributed by atoms with Gasteiger partial charge in [0.1, 0.15) is 11.3 Å². The summed E-state index contributed by atoms with van der Waals surface area (Å²) in [5.41, 5.74) is 0.801. The Morgan fingerprint density at radius 2 is 2.00 bits per heavy atom. The number of para-hydroxylation sites is 1. The molecule has 1 N–H and O–H groups in total. The summed E-state index contributed by atoms with van der Waals surface area (Å²) in [5.74, 6) is -0.363. The molecule has 1 fully saturated rings. The van der Waals surface area contributed by atoms with Crippen LogP contribution in [0.25, 0.3) is 11.0 Å². The maximum atomic E-state index is 13.7. The first-order valence-electron chi connectivity index (χ1n) is 7.20. The summed E-state index contributed by atoms with van der Waals surface area (Å²) in [5, 5.41) is 0. The van der Waals surface area contributed by atoms with Gasteiger partial charge in [0, 0.05) is 25.2 Å². The van der Waals surface area contributed by atoms with Crippen molar-refractivity contribution < 1.29 is 4.39 Å². The van der Waals surface area contributed by atoms with E-state index in [4.69, 9.17) is 0 Å². The molecule has 1 aliphatic rings. The summed E-state index contributed by atoms with van der Waals surface area (Å²) >= 11 is 0. The zero-order chi connectivity index (χ0) is 14.3. The van der Waals surface area contributed by atoms with E-state index in [0.29, 0.717) is 17.1 Å². The van der Waals surface area contributed by atoms with Gasteiger partial charge < -0.3 is 9.88 Å². The van der Waals surface area contributed by atoms with Gasteiger partial charge in [0.25, 0.3) is 0 Å². The maximum Gasteiger partial charge on any atom is 0.326 e. The lowest BCUT2D eigenvalue weighted by atomic mass is 10.0. The average molecular weight is 277 g/mol. The van der Waals surface area contributed by atoms with E-state index in [1.165, 1.54) is 6.07 Å². The molecule has 4 nitrogen and oxygen atoms in total. The van der Waals surface area contributed by atoms with E-state index in [9.17, 15) is 9.18 Å². The Bertz CT molecular complexity index is 665. The predicted molar refractivity (Wildman–Crippen MR) is 77.5 cm³/mol. The molecule has 1 aromatic heterocycles. The lowest BCUT2D eigenvalue weighted by Gasteiger charge is -2.35. The van der Waals surface area contributed by atoms with E-state index in [-0.39, 0.29) is 17.5 Å². The quantitative estimate of drug-likeness (QED) is 0.916. The summed E-state index contributed by atoms with van der Waals surface area (Å²) < 4.78 is 15.5. The van der Waals surface area contributed by atoms with Gasteiger partial charge in [-0.15, -0.1) is 0 Å². The number of halogens is 1. The molecule has 0 aliphatic carbocycles. The molecule has 0 atom stereocenters. The summed E-state index contributed by atoms with van der Waals surface area (Å²) in [6, 6.07) is 5.54. The van der Waals surface area contributed by atoms with Gasteiger partial charge >= 0.3 is 5.69 Å². The molecule has 108 valence electrons. The minimum Gasteiger partial charge on any atom is -0.303 e. The summed E-state index contributed by atoms with van der Waals surface area (Å²) in [6.07, 6.45) is 1.86. The van der Waals surface area contributed by atoms with Crippen LogP contribution < -0.4 is 5.69 Å². The highest BCUT2D eigenvalue weighted by Crippen LogP contribution is 2.26. The zero-order valence-corrected chi connectivity index (χ0v) is 11.9. The van der Waals surface area contributed by atoms with E-state index >= 15 is 0 Å². The van der Waals surface area contributed by atoms with E-state index in [0.717, 1.165) is 25.9 Å². The number of rotatable bonds is 2. The number of likely N-dealkylation sites (tertiary alicyclic amines) is 1. The van der Waals surface area contributed by atoms with Gasteiger partial charge in [0.05, 0.1) is 5.52 Å². The third kappa shape index (κ3) is 2.16. The number of hydrogen-bond acceptors (Lipinski definition) is 2. The fourth-order valence-electron chi connectivity index (χ4n) is 3.14. The Hall–Kier alpha value is -1.62. The van der Waals surface area contributed by atoms with E-state index in [1.807, 2.05) is 6.07 Å². The van der Waals surface area contributed by atoms with Crippen LogP contribution in [0.1, 0.15) is 32.7 Å². The van der Waals surface area contributed by atoms with Gasteiger partial charge in [-0.2, -0.15) is 0 Å². The van der Waals surface area contributed by atoms with E-state index in [1.54, 1.807) is 10.6 Å². The van der Waals surface area contributed by atoms with Crippen molar-refractivity contribution in [3.8, 4) is 0 Å². The van der Waals surface area contributed by atoms with Crippen LogP contribution in [0.15, 0.2) is 23.0 Å². The van der Waals surface area contributed by atoms with Crippen molar-refractivity contribution >= 4 is 11.0 Å². The largest absolute Gasteiger partial charge is 0.326 e. The van der Waals surface area contributed by atoms with Gasteiger partial charge in [-0.3, -0.25) is 4.57 Å². The van der Waals surface area contributed by atoms with Crippen LogP contribution in [-0.4, -0.2) is 33.6 Å². The third-order valence-electron chi connectivity index (χ3n) is 4.30. The number of H-pyrrole nitrogens is 1. The molecular weight excluding hydrogens is 257 g/mol. The Morgan fingerprint density at radius 3 is 2.65 bits per heavy atom. The Morgan fingerprint density at radius 1 is 1.30 bits per heavy atom.